The van der Waals surface area contributed by atoms with E-state index in [2.05, 4.69) is 53.2 Å². The summed E-state index contributed by atoms with van der Waals surface area (Å²) in [6.45, 7) is 2.08. The second-order valence-electron chi connectivity index (χ2n) is 4.58. The number of rotatable bonds is 3. The Bertz CT molecular complexity index is 522. The van der Waals surface area contributed by atoms with E-state index < -0.39 is 0 Å². The Kier molecular flexibility index (Phi) is 3.78. The quantitative estimate of drug-likeness (QED) is 0.742. The number of hydrogen-bond acceptors (Lipinski definition) is 2. The van der Waals surface area contributed by atoms with Crippen molar-refractivity contribution in [3.8, 4) is 0 Å². The summed E-state index contributed by atoms with van der Waals surface area (Å²) in [5, 5.41) is 0. The number of hydrogen-bond donors (Lipinski definition) is 0. The zero-order chi connectivity index (χ0) is 13.0. The van der Waals surface area contributed by atoms with E-state index in [9.17, 15) is 0 Å². The van der Waals surface area contributed by atoms with Gasteiger partial charge in [-0.15, -0.1) is 0 Å². The average molecular weight is 238 g/mol. The van der Waals surface area contributed by atoms with Crippen LogP contribution >= 0.6 is 0 Å². The lowest BCUT2D eigenvalue weighted by molar-refractivity contribution is 1.13. The number of aliphatic imine (C=N–C) groups is 1. The maximum Gasteiger partial charge on any atom is 0.0631 e. The van der Waals surface area contributed by atoms with Crippen molar-refractivity contribution in [3.63, 3.8) is 0 Å². The molecule has 2 aromatic carbocycles. The molecule has 2 nitrogen and oxygen atoms in total. The van der Waals surface area contributed by atoms with E-state index >= 15 is 0 Å². The SMILES string of the molecule is Cc1ccc(C=Nc2ccc(N(C)C)cc2)cc1. The fraction of sp³-hybridized carbons (Fsp3) is 0.188. The summed E-state index contributed by atoms with van der Waals surface area (Å²) in [5.41, 5.74) is 4.55. The predicted molar refractivity (Wildman–Crippen MR) is 79.2 cm³/mol. The lowest BCUT2D eigenvalue weighted by Crippen LogP contribution is -2.07. The van der Waals surface area contributed by atoms with Crippen LogP contribution in [0.15, 0.2) is 53.5 Å². The average Bonchev–Trinajstić information content (AvgIpc) is 2.38. The molecule has 0 saturated heterocycles. The molecule has 0 radical (unpaired) electrons. The lowest BCUT2D eigenvalue weighted by Gasteiger charge is -2.11. The Hall–Kier alpha value is -2.09. The van der Waals surface area contributed by atoms with E-state index in [0.29, 0.717) is 0 Å². The summed E-state index contributed by atoms with van der Waals surface area (Å²) in [4.78, 5) is 6.54. The summed E-state index contributed by atoms with van der Waals surface area (Å²) >= 11 is 0. The van der Waals surface area contributed by atoms with E-state index in [-0.39, 0.29) is 0 Å². The highest BCUT2D eigenvalue weighted by Crippen LogP contribution is 2.17. The van der Waals surface area contributed by atoms with Crippen LogP contribution in [0.25, 0.3) is 0 Å². The highest BCUT2D eigenvalue weighted by Gasteiger charge is 1.94. The van der Waals surface area contributed by atoms with E-state index in [1.165, 1.54) is 11.3 Å². The molecule has 2 aromatic rings. The van der Waals surface area contributed by atoms with Crippen LogP contribution in [0.3, 0.4) is 0 Å². The van der Waals surface area contributed by atoms with Gasteiger partial charge in [0.2, 0.25) is 0 Å². The van der Waals surface area contributed by atoms with Crippen molar-refractivity contribution >= 4 is 17.6 Å². The first kappa shape index (κ1) is 12.4. The first-order valence-electron chi connectivity index (χ1n) is 6.03. The smallest absolute Gasteiger partial charge is 0.0631 e. The first-order valence-corrected chi connectivity index (χ1v) is 6.03. The minimum Gasteiger partial charge on any atom is -0.378 e. The molecule has 0 amide bonds. The van der Waals surface area contributed by atoms with Crippen molar-refractivity contribution in [3.05, 3.63) is 59.7 Å². The third-order valence-electron chi connectivity index (χ3n) is 2.81. The molecule has 0 bridgehead atoms. The third kappa shape index (κ3) is 3.20. The van der Waals surface area contributed by atoms with E-state index in [1.54, 1.807) is 0 Å². The molecule has 2 rings (SSSR count). The van der Waals surface area contributed by atoms with Gasteiger partial charge >= 0.3 is 0 Å². The molecule has 2 heteroatoms. The molecule has 0 aliphatic carbocycles. The molecule has 0 N–H and O–H groups in total. The minimum atomic E-state index is 0.973. The molecular formula is C16H18N2. The minimum absolute atomic E-state index is 0.973. The summed E-state index contributed by atoms with van der Waals surface area (Å²) in [7, 11) is 4.06. The lowest BCUT2D eigenvalue weighted by atomic mass is 10.2. The van der Waals surface area contributed by atoms with Crippen molar-refractivity contribution in [2.45, 2.75) is 6.92 Å². The molecule has 0 spiro atoms. The zero-order valence-corrected chi connectivity index (χ0v) is 11.1. The Morgan fingerprint density at radius 2 is 1.50 bits per heavy atom. The van der Waals surface area contributed by atoms with Gasteiger partial charge < -0.3 is 4.90 Å². The summed E-state index contributed by atoms with van der Waals surface area (Å²) in [5.74, 6) is 0. The van der Waals surface area contributed by atoms with Gasteiger partial charge in [0.1, 0.15) is 0 Å². The molecular weight excluding hydrogens is 220 g/mol. The monoisotopic (exact) mass is 238 g/mol. The first-order chi connectivity index (χ1) is 8.65. The maximum absolute atomic E-state index is 4.46. The molecule has 18 heavy (non-hydrogen) atoms. The van der Waals surface area contributed by atoms with Gasteiger partial charge in [0.15, 0.2) is 0 Å². The zero-order valence-electron chi connectivity index (χ0n) is 11.1. The van der Waals surface area contributed by atoms with E-state index in [4.69, 9.17) is 0 Å². The van der Waals surface area contributed by atoms with Crippen LogP contribution in [0.4, 0.5) is 11.4 Å². The van der Waals surface area contributed by atoms with Gasteiger partial charge in [-0.25, -0.2) is 0 Å². The molecule has 0 atom stereocenters. The normalized spacial score (nSPS) is 10.8. The van der Waals surface area contributed by atoms with E-state index in [0.717, 1.165) is 11.3 Å². The van der Waals surface area contributed by atoms with Gasteiger partial charge in [-0.2, -0.15) is 0 Å². The Labute approximate surface area is 109 Å². The van der Waals surface area contributed by atoms with Gasteiger partial charge in [-0.1, -0.05) is 29.8 Å². The fourth-order valence-corrected chi connectivity index (χ4v) is 1.64. The van der Waals surface area contributed by atoms with Crippen LogP contribution in [0, 0.1) is 6.92 Å². The predicted octanol–water partition coefficient (Wildman–Crippen LogP) is 3.81. The molecule has 0 heterocycles. The van der Waals surface area contributed by atoms with Crippen molar-refractivity contribution in [2.24, 2.45) is 4.99 Å². The number of anilines is 1. The van der Waals surface area contributed by atoms with Crippen LogP contribution in [0.2, 0.25) is 0 Å². The largest absolute Gasteiger partial charge is 0.378 e. The van der Waals surface area contributed by atoms with Crippen LogP contribution in [-0.2, 0) is 0 Å². The Balaban J connectivity index is 2.11. The van der Waals surface area contributed by atoms with Gasteiger partial charge in [0.25, 0.3) is 0 Å². The topological polar surface area (TPSA) is 15.6 Å². The second kappa shape index (κ2) is 5.50. The number of nitrogens with zero attached hydrogens (tertiary/aromatic N) is 2. The molecule has 92 valence electrons. The van der Waals surface area contributed by atoms with Crippen molar-refractivity contribution in [2.75, 3.05) is 19.0 Å². The molecule has 0 fully saturated rings. The maximum atomic E-state index is 4.46. The van der Waals surface area contributed by atoms with Crippen molar-refractivity contribution in [1.29, 1.82) is 0 Å². The van der Waals surface area contributed by atoms with Crippen molar-refractivity contribution in [1.82, 2.24) is 0 Å². The van der Waals surface area contributed by atoms with Crippen LogP contribution in [0.5, 0.6) is 0 Å². The molecule has 0 aliphatic heterocycles. The summed E-state index contributed by atoms with van der Waals surface area (Å²) in [6.07, 6.45) is 1.89. The van der Waals surface area contributed by atoms with Crippen LogP contribution in [-0.4, -0.2) is 20.3 Å². The van der Waals surface area contributed by atoms with Gasteiger partial charge in [-0.3, -0.25) is 4.99 Å². The number of benzene rings is 2. The third-order valence-corrected chi connectivity index (χ3v) is 2.81. The molecule has 0 saturated carbocycles. The molecule has 0 aromatic heterocycles. The van der Waals surface area contributed by atoms with Crippen LogP contribution in [0.1, 0.15) is 11.1 Å². The molecule has 0 aliphatic rings. The fourth-order valence-electron chi connectivity index (χ4n) is 1.64. The van der Waals surface area contributed by atoms with Gasteiger partial charge in [-0.05, 0) is 36.8 Å². The van der Waals surface area contributed by atoms with Gasteiger partial charge in [0, 0.05) is 26.0 Å². The highest BCUT2D eigenvalue weighted by molar-refractivity contribution is 5.82. The standard InChI is InChI=1S/C16H18N2/c1-13-4-6-14(7-5-13)12-17-15-8-10-16(11-9-15)18(2)3/h4-12H,1-3H3. The summed E-state index contributed by atoms with van der Waals surface area (Å²) < 4.78 is 0. The molecule has 0 unspecified atom stereocenters. The Morgan fingerprint density at radius 3 is 2.06 bits per heavy atom. The van der Waals surface area contributed by atoms with Crippen molar-refractivity contribution < 1.29 is 0 Å². The van der Waals surface area contributed by atoms with Crippen LogP contribution < -0.4 is 4.90 Å². The van der Waals surface area contributed by atoms with E-state index in [1.807, 2.05) is 32.4 Å². The van der Waals surface area contributed by atoms with Gasteiger partial charge in [0.05, 0.1) is 5.69 Å². The second-order valence-corrected chi connectivity index (χ2v) is 4.58. The summed E-state index contributed by atoms with van der Waals surface area (Å²) in [6, 6.07) is 16.5. The Morgan fingerprint density at radius 1 is 0.889 bits per heavy atom. The highest BCUT2D eigenvalue weighted by atomic mass is 15.1. The number of aryl methyl sites for hydroxylation is 1.